The lowest BCUT2D eigenvalue weighted by atomic mass is 9.84. The number of carbonyl (C=O) groups is 2. The van der Waals surface area contributed by atoms with E-state index in [4.69, 9.17) is 5.11 Å². The number of likely N-dealkylation sites (tertiary alicyclic amines) is 1. The summed E-state index contributed by atoms with van der Waals surface area (Å²) >= 11 is 0. The van der Waals surface area contributed by atoms with Gasteiger partial charge in [-0.2, -0.15) is 0 Å². The second kappa shape index (κ2) is 7.47. The summed E-state index contributed by atoms with van der Waals surface area (Å²) in [6, 6.07) is -0.0917. The Hall–Kier alpha value is -1.30. The summed E-state index contributed by atoms with van der Waals surface area (Å²) in [6.07, 6.45) is 2.50. The number of urea groups is 1. The van der Waals surface area contributed by atoms with E-state index in [-0.39, 0.29) is 24.0 Å². The Labute approximate surface area is 120 Å². The number of hydrogen-bond donors (Lipinski definition) is 3. The van der Waals surface area contributed by atoms with Gasteiger partial charge in [-0.1, -0.05) is 13.8 Å². The van der Waals surface area contributed by atoms with Crippen molar-refractivity contribution in [3.63, 3.8) is 0 Å². The lowest BCUT2D eigenvalue weighted by molar-refractivity contribution is -0.137. The fraction of sp³-hybridized carbons (Fsp3) is 0.857. The number of carbonyl (C=O) groups excluding carboxylic acids is 1. The number of carboxylic acid groups (broad SMARTS) is 1. The van der Waals surface area contributed by atoms with Crippen LogP contribution in [0.5, 0.6) is 0 Å². The Morgan fingerprint density at radius 1 is 1.25 bits per heavy atom. The van der Waals surface area contributed by atoms with Crippen molar-refractivity contribution in [2.24, 2.45) is 5.41 Å². The van der Waals surface area contributed by atoms with Crippen LogP contribution in [0.15, 0.2) is 0 Å². The van der Waals surface area contributed by atoms with Gasteiger partial charge in [0.15, 0.2) is 0 Å². The number of aliphatic carboxylic acids is 1. The zero-order valence-electron chi connectivity index (χ0n) is 12.4. The van der Waals surface area contributed by atoms with Crippen molar-refractivity contribution in [1.82, 2.24) is 10.2 Å². The largest absolute Gasteiger partial charge is 0.481 e. The minimum atomic E-state index is -0.783. The summed E-state index contributed by atoms with van der Waals surface area (Å²) in [5, 5.41) is 20.9. The second-order valence-corrected chi connectivity index (χ2v) is 6.26. The van der Waals surface area contributed by atoms with E-state index in [0.717, 1.165) is 6.42 Å². The van der Waals surface area contributed by atoms with E-state index in [2.05, 4.69) is 5.32 Å². The number of amides is 2. The van der Waals surface area contributed by atoms with E-state index in [1.807, 2.05) is 13.8 Å². The van der Waals surface area contributed by atoms with Gasteiger partial charge in [0.2, 0.25) is 0 Å². The molecule has 1 saturated heterocycles. The number of rotatable bonds is 6. The monoisotopic (exact) mass is 286 g/mol. The first-order valence-corrected chi connectivity index (χ1v) is 7.23. The number of aliphatic hydroxyl groups is 1. The van der Waals surface area contributed by atoms with Gasteiger partial charge in [0.25, 0.3) is 0 Å². The molecule has 0 aromatic rings. The van der Waals surface area contributed by atoms with Gasteiger partial charge in [0.05, 0.1) is 6.10 Å². The summed E-state index contributed by atoms with van der Waals surface area (Å²) in [6.45, 7) is 5.76. The molecule has 0 aliphatic carbocycles. The highest BCUT2D eigenvalue weighted by molar-refractivity contribution is 5.74. The average Bonchev–Trinajstić information content (AvgIpc) is 2.37. The van der Waals surface area contributed by atoms with Crippen molar-refractivity contribution in [3.05, 3.63) is 0 Å². The van der Waals surface area contributed by atoms with Gasteiger partial charge in [-0.3, -0.25) is 4.79 Å². The molecular formula is C14H26N2O4. The Balaban J connectivity index is 2.22. The van der Waals surface area contributed by atoms with Gasteiger partial charge in [-0.25, -0.2) is 4.79 Å². The highest BCUT2D eigenvalue weighted by Gasteiger charge is 2.22. The number of carboxylic acids is 1. The molecule has 0 unspecified atom stereocenters. The maximum Gasteiger partial charge on any atom is 0.317 e. The van der Waals surface area contributed by atoms with Crippen LogP contribution in [0, 0.1) is 5.41 Å². The SMILES string of the molecule is CC(C)(CCNC(=O)N1CCC(O)CC1)CCC(=O)O. The molecule has 1 aliphatic heterocycles. The van der Waals surface area contributed by atoms with Crippen LogP contribution >= 0.6 is 0 Å². The Morgan fingerprint density at radius 3 is 2.40 bits per heavy atom. The summed E-state index contributed by atoms with van der Waals surface area (Å²) in [5.74, 6) is -0.783. The first kappa shape index (κ1) is 16.8. The molecule has 0 aromatic heterocycles. The van der Waals surface area contributed by atoms with Gasteiger partial charge in [-0.05, 0) is 31.1 Å². The molecule has 1 rings (SSSR count). The number of hydrogen-bond acceptors (Lipinski definition) is 3. The lowest BCUT2D eigenvalue weighted by Crippen LogP contribution is -2.46. The molecule has 3 N–H and O–H groups in total. The topological polar surface area (TPSA) is 89.9 Å². The van der Waals surface area contributed by atoms with Crippen LogP contribution in [0.1, 0.15) is 46.0 Å². The zero-order valence-corrected chi connectivity index (χ0v) is 12.4. The van der Waals surface area contributed by atoms with Gasteiger partial charge in [-0.15, -0.1) is 0 Å². The maximum atomic E-state index is 11.9. The van der Waals surface area contributed by atoms with E-state index < -0.39 is 5.97 Å². The van der Waals surface area contributed by atoms with Crippen LogP contribution in [0.25, 0.3) is 0 Å². The standard InChI is InChI=1S/C14H26N2O4/c1-14(2,6-3-12(18)19)7-8-15-13(20)16-9-4-11(17)5-10-16/h11,17H,3-10H2,1-2H3,(H,15,20)(H,18,19). The lowest BCUT2D eigenvalue weighted by Gasteiger charge is -2.30. The molecule has 116 valence electrons. The maximum absolute atomic E-state index is 11.9. The van der Waals surface area contributed by atoms with E-state index in [1.165, 1.54) is 0 Å². The van der Waals surface area contributed by atoms with Crippen molar-refractivity contribution in [2.45, 2.75) is 52.1 Å². The van der Waals surface area contributed by atoms with E-state index in [0.29, 0.717) is 38.9 Å². The van der Waals surface area contributed by atoms with Crippen molar-refractivity contribution in [1.29, 1.82) is 0 Å². The first-order chi connectivity index (χ1) is 9.30. The predicted molar refractivity (Wildman–Crippen MR) is 75.5 cm³/mol. The molecule has 0 atom stereocenters. The summed E-state index contributed by atoms with van der Waals surface area (Å²) in [7, 11) is 0. The van der Waals surface area contributed by atoms with Gasteiger partial charge >= 0.3 is 12.0 Å². The molecule has 6 heteroatoms. The van der Waals surface area contributed by atoms with Crippen LogP contribution < -0.4 is 5.32 Å². The van der Waals surface area contributed by atoms with Crippen molar-refractivity contribution >= 4 is 12.0 Å². The minimum absolute atomic E-state index is 0.0917. The van der Waals surface area contributed by atoms with E-state index in [1.54, 1.807) is 4.90 Å². The third kappa shape index (κ3) is 6.23. The smallest absolute Gasteiger partial charge is 0.317 e. The Kier molecular flexibility index (Phi) is 6.26. The molecule has 1 fully saturated rings. The molecule has 0 bridgehead atoms. The number of aliphatic hydroxyl groups excluding tert-OH is 1. The molecule has 1 aliphatic rings. The van der Waals surface area contributed by atoms with Crippen LogP contribution in [0.3, 0.4) is 0 Å². The van der Waals surface area contributed by atoms with Gasteiger partial charge in [0, 0.05) is 26.1 Å². The third-order valence-corrected chi connectivity index (χ3v) is 3.85. The van der Waals surface area contributed by atoms with Gasteiger partial charge in [0.1, 0.15) is 0 Å². The normalized spacial score (nSPS) is 17.1. The van der Waals surface area contributed by atoms with Crippen LogP contribution in [-0.2, 0) is 4.79 Å². The fourth-order valence-electron chi connectivity index (χ4n) is 2.26. The van der Waals surface area contributed by atoms with E-state index in [9.17, 15) is 14.7 Å². The Morgan fingerprint density at radius 2 is 1.85 bits per heavy atom. The number of nitrogens with one attached hydrogen (secondary N) is 1. The van der Waals surface area contributed by atoms with Crippen LogP contribution in [0.4, 0.5) is 4.79 Å². The number of piperidine rings is 1. The van der Waals surface area contributed by atoms with Crippen molar-refractivity contribution in [2.75, 3.05) is 19.6 Å². The van der Waals surface area contributed by atoms with Crippen molar-refractivity contribution < 1.29 is 19.8 Å². The van der Waals surface area contributed by atoms with Crippen LogP contribution in [-0.4, -0.2) is 52.9 Å². The first-order valence-electron chi connectivity index (χ1n) is 7.23. The highest BCUT2D eigenvalue weighted by atomic mass is 16.4. The Bertz CT molecular complexity index is 336. The highest BCUT2D eigenvalue weighted by Crippen LogP contribution is 2.26. The predicted octanol–water partition coefficient (Wildman–Crippen LogP) is 1.43. The quantitative estimate of drug-likeness (QED) is 0.689. The van der Waals surface area contributed by atoms with Gasteiger partial charge < -0.3 is 20.4 Å². The molecule has 0 radical (unpaired) electrons. The second-order valence-electron chi connectivity index (χ2n) is 6.26. The van der Waals surface area contributed by atoms with Crippen molar-refractivity contribution in [3.8, 4) is 0 Å². The molecule has 0 saturated carbocycles. The molecule has 1 heterocycles. The molecule has 2 amide bonds. The molecule has 0 aromatic carbocycles. The molecule has 20 heavy (non-hydrogen) atoms. The molecule has 0 spiro atoms. The summed E-state index contributed by atoms with van der Waals surface area (Å²) < 4.78 is 0. The summed E-state index contributed by atoms with van der Waals surface area (Å²) in [4.78, 5) is 24.2. The van der Waals surface area contributed by atoms with E-state index >= 15 is 0 Å². The molecule has 6 nitrogen and oxygen atoms in total. The third-order valence-electron chi connectivity index (χ3n) is 3.85. The average molecular weight is 286 g/mol. The minimum Gasteiger partial charge on any atom is -0.481 e. The molecular weight excluding hydrogens is 260 g/mol. The zero-order chi connectivity index (χ0) is 15.2. The van der Waals surface area contributed by atoms with Crippen LogP contribution in [0.2, 0.25) is 0 Å². The fourth-order valence-corrected chi connectivity index (χ4v) is 2.26. The number of nitrogens with zero attached hydrogens (tertiary/aromatic N) is 1. The summed E-state index contributed by atoms with van der Waals surface area (Å²) in [5.41, 5.74) is -0.0935.